The number of benzene rings is 2. The Hall–Kier alpha value is -3.03. The smallest absolute Gasteiger partial charge is 0.255 e. The van der Waals surface area contributed by atoms with Crippen molar-refractivity contribution < 1.29 is 14.4 Å². The first kappa shape index (κ1) is 19.9. The van der Waals surface area contributed by atoms with Crippen molar-refractivity contribution in [2.24, 2.45) is 0 Å². The molecule has 0 aromatic heterocycles. The molecule has 3 aliphatic heterocycles. The van der Waals surface area contributed by atoms with Crippen LogP contribution in [0, 0.1) is 0 Å². The lowest BCUT2D eigenvalue weighted by atomic mass is 9.99. The van der Waals surface area contributed by atoms with E-state index in [0.717, 1.165) is 24.1 Å². The molecular formula is C24H26N4O3. The minimum Gasteiger partial charge on any atom is -0.322 e. The van der Waals surface area contributed by atoms with Gasteiger partial charge in [-0.05, 0) is 42.1 Å². The van der Waals surface area contributed by atoms with E-state index < -0.39 is 6.04 Å². The number of amides is 3. The van der Waals surface area contributed by atoms with E-state index in [4.69, 9.17) is 0 Å². The van der Waals surface area contributed by atoms with E-state index in [9.17, 15) is 14.4 Å². The number of hydrogen-bond acceptors (Lipinski definition) is 5. The van der Waals surface area contributed by atoms with E-state index in [1.807, 2.05) is 24.3 Å². The maximum atomic E-state index is 13.0. The second-order valence-corrected chi connectivity index (χ2v) is 8.46. The molecule has 2 saturated heterocycles. The molecule has 7 heteroatoms. The van der Waals surface area contributed by atoms with Crippen molar-refractivity contribution in [2.75, 3.05) is 6.54 Å². The predicted molar refractivity (Wildman–Crippen MR) is 115 cm³/mol. The van der Waals surface area contributed by atoms with Crippen molar-refractivity contribution in [3.05, 3.63) is 70.8 Å². The first-order valence-corrected chi connectivity index (χ1v) is 10.9. The quantitative estimate of drug-likeness (QED) is 0.643. The zero-order valence-electron chi connectivity index (χ0n) is 17.3. The summed E-state index contributed by atoms with van der Waals surface area (Å²) < 4.78 is 0. The molecule has 0 radical (unpaired) electrons. The van der Waals surface area contributed by atoms with Crippen LogP contribution in [0.5, 0.6) is 0 Å². The molecule has 3 heterocycles. The zero-order chi connectivity index (χ0) is 21.4. The summed E-state index contributed by atoms with van der Waals surface area (Å²) in [5.41, 5.74) is 3.99. The fraction of sp³-hybridized carbons (Fsp3) is 0.375. The molecule has 3 N–H and O–H groups in total. The molecule has 1 unspecified atom stereocenters. The standard InChI is InChI=1S/C24H26N4O3/c29-21-10-9-20(23(30)27-21)28-14-18-16(7-4-8-17(18)24(28)31)13-26-19-11-12-25-22(19)15-5-2-1-3-6-15/h1-8,19-20,22,25-26H,9-14H2,(H,27,29,30)/t19-,20?,22+/m1/s1. The fourth-order valence-corrected chi connectivity index (χ4v) is 4.99. The summed E-state index contributed by atoms with van der Waals surface area (Å²) in [6, 6.07) is 16.2. The fourth-order valence-electron chi connectivity index (χ4n) is 4.99. The van der Waals surface area contributed by atoms with Crippen LogP contribution >= 0.6 is 0 Å². The number of carbonyl (C=O) groups excluding carboxylic acids is 3. The minimum absolute atomic E-state index is 0.129. The molecule has 0 spiro atoms. The average molecular weight is 418 g/mol. The molecule has 3 amide bonds. The lowest BCUT2D eigenvalue weighted by molar-refractivity contribution is -0.136. The van der Waals surface area contributed by atoms with Gasteiger partial charge in [-0.25, -0.2) is 0 Å². The van der Waals surface area contributed by atoms with Gasteiger partial charge >= 0.3 is 0 Å². The van der Waals surface area contributed by atoms with Gasteiger partial charge in [0.1, 0.15) is 6.04 Å². The van der Waals surface area contributed by atoms with Crippen LogP contribution < -0.4 is 16.0 Å². The highest BCUT2D eigenvalue weighted by Gasteiger charge is 2.39. The Balaban J connectivity index is 1.31. The van der Waals surface area contributed by atoms with E-state index >= 15 is 0 Å². The summed E-state index contributed by atoms with van der Waals surface area (Å²) in [5.74, 6) is -0.774. The highest BCUT2D eigenvalue weighted by atomic mass is 16.2. The zero-order valence-corrected chi connectivity index (χ0v) is 17.3. The molecule has 31 heavy (non-hydrogen) atoms. The number of nitrogens with zero attached hydrogens (tertiary/aromatic N) is 1. The van der Waals surface area contributed by atoms with Crippen molar-refractivity contribution in [3.8, 4) is 0 Å². The average Bonchev–Trinajstić information content (AvgIpc) is 3.38. The van der Waals surface area contributed by atoms with Crippen LogP contribution in [0.15, 0.2) is 48.5 Å². The summed E-state index contributed by atoms with van der Waals surface area (Å²) in [5, 5.41) is 9.62. The normalized spacial score (nSPS) is 25.6. The molecule has 7 nitrogen and oxygen atoms in total. The number of piperidine rings is 1. The van der Waals surface area contributed by atoms with Gasteiger partial charge in [-0.1, -0.05) is 42.5 Å². The van der Waals surface area contributed by atoms with Crippen LogP contribution in [-0.4, -0.2) is 41.2 Å². The number of hydrogen-bond donors (Lipinski definition) is 3. The summed E-state index contributed by atoms with van der Waals surface area (Å²) in [6.45, 7) is 2.03. The minimum atomic E-state index is -0.583. The van der Waals surface area contributed by atoms with Gasteiger partial charge in [0.25, 0.3) is 5.91 Å². The van der Waals surface area contributed by atoms with Crippen LogP contribution in [0.2, 0.25) is 0 Å². The Kier molecular flexibility index (Phi) is 5.29. The summed E-state index contributed by atoms with van der Waals surface area (Å²) in [6.07, 6.45) is 1.68. The van der Waals surface area contributed by atoms with Gasteiger partial charge < -0.3 is 15.5 Å². The van der Waals surface area contributed by atoms with E-state index in [0.29, 0.717) is 31.1 Å². The Morgan fingerprint density at radius 3 is 2.65 bits per heavy atom. The second-order valence-electron chi connectivity index (χ2n) is 8.46. The third kappa shape index (κ3) is 3.75. The summed E-state index contributed by atoms with van der Waals surface area (Å²) in [7, 11) is 0. The summed E-state index contributed by atoms with van der Waals surface area (Å²) >= 11 is 0. The maximum absolute atomic E-state index is 13.0. The molecule has 3 atom stereocenters. The molecule has 3 aliphatic rings. The molecule has 5 rings (SSSR count). The topological polar surface area (TPSA) is 90.5 Å². The molecule has 2 fully saturated rings. The van der Waals surface area contributed by atoms with Gasteiger partial charge in [-0.15, -0.1) is 0 Å². The van der Waals surface area contributed by atoms with E-state index in [1.54, 1.807) is 4.90 Å². The molecule has 2 aromatic rings. The highest BCUT2D eigenvalue weighted by Crippen LogP contribution is 2.30. The van der Waals surface area contributed by atoms with Crippen LogP contribution in [-0.2, 0) is 22.7 Å². The van der Waals surface area contributed by atoms with E-state index in [-0.39, 0.29) is 30.2 Å². The SMILES string of the molecule is O=C1CCC(N2Cc3c(CN[C@@H]4CCN[C@H]4c4ccccc4)cccc3C2=O)C(=O)N1. The Labute approximate surface area is 181 Å². The van der Waals surface area contributed by atoms with Gasteiger partial charge in [0.05, 0.1) is 0 Å². The van der Waals surface area contributed by atoms with Crippen molar-refractivity contribution in [3.63, 3.8) is 0 Å². The molecule has 0 bridgehead atoms. The number of carbonyl (C=O) groups is 3. The molecule has 0 saturated carbocycles. The molecule has 160 valence electrons. The number of imide groups is 1. The van der Waals surface area contributed by atoms with Gasteiger partial charge in [-0.2, -0.15) is 0 Å². The predicted octanol–water partition coefficient (Wildman–Crippen LogP) is 1.64. The third-order valence-electron chi connectivity index (χ3n) is 6.61. The Morgan fingerprint density at radius 1 is 1.00 bits per heavy atom. The largest absolute Gasteiger partial charge is 0.322 e. The second kappa shape index (κ2) is 8.24. The number of rotatable bonds is 5. The van der Waals surface area contributed by atoms with Crippen LogP contribution in [0.4, 0.5) is 0 Å². The lowest BCUT2D eigenvalue weighted by Crippen LogP contribution is -2.52. The Bertz CT molecular complexity index is 1020. The van der Waals surface area contributed by atoms with Crippen molar-refractivity contribution in [1.82, 2.24) is 20.9 Å². The molecule has 0 aliphatic carbocycles. The van der Waals surface area contributed by atoms with Crippen molar-refractivity contribution in [2.45, 2.75) is 50.5 Å². The van der Waals surface area contributed by atoms with Gasteiger partial charge in [0.15, 0.2) is 0 Å². The van der Waals surface area contributed by atoms with Gasteiger partial charge in [-0.3, -0.25) is 19.7 Å². The monoisotopic (exact) mass is 418 g/mol. The van der Waals surface area contributed by atoms with Crippen LogP contribution in [0.25, 0.3) is 0 Å². The molecular weight excluding hydrogens is 392 g/mol. The third-order valence-corrected chi connectivity index (χ3v) is 6.61. The maximum Gasteiger partial charge on any atom is 0.255 e. The first-order chi connectivity index (χ1) is 15.1. The van der Waals surface area contributed by atoms with Crippen LogP contribution in [0.3, 0.4) is 0 Å². The molecule has 2 aromatic carbocycles. The first-order valence-electron chi connectivity index (χ1n) is 10.9. The van der Waals surface area contributed by atoms with Crippen molar-refractivity contribution in [1.29, 1.82) is 0 Å². The highest BCUT2D eigenvalue weighted by molar-refractivity contribution is 6.05. The van der Waals surface area contributed by atoms with E-state index in [2.05, 4.69) is 40.2 Å². The van der Waals surface area contributed by atoms with E-state index in [1.165, 1.54) is 5.56 Å². The van der Waals surface area contributed by atoms with Gasteiger partial charge in [0.2, 0.25) is 11.8 Å². The van der Waals surface area contributed by atoms with Crippen LogP contribution in [0.1, 0.15) is 52.4 Å². The Morgan fingerprint density at radius 2 is 1.84 bits per heavy atom. The van der Waals surface area contributed by atoms with Gasteiger partial charge in [0, 0.05) is 37.2 Å². The number of fused-ring (bicyclic) bond motifs is 1. The summed E-state index contributed by atoms with van der Waals surface area (Å²) in [4.78, 5) is 38.4. The number of nitrogens with one attached hydrogen (secondary N) is 3. The lowest BCUT2D eigenvalue weighted by Gasteiger charge is -2.29. The van der Waals surface area contributed by atoms with Crippen molar-refractivity contribution >= 4 is 17.7 Å².